The van der Waals surface area contributed by atoms with Gasteiger partial charge in [-0.05, 0) is 49.2 Å². The van der Waals surface area contributed by atoms with Crippen LogP contribution >= 0.6 is 0 Å². The zero-order valence-corrected chi connectivity index (χ0v) is 15.0. The monoisotopic (exact) mass is 333 g/mol. The molecule has 0 unspecified atom stereocenters. The van der Waals surface area contributed by atoms with Gasteiger partial charge in [0, 0.05) is 24.8 Å². The summed E-state index contributed by atoms with van der Waals surface area (Å²) in [6, 6.07) is 19.3. The molecule has 2 aromatic rings. The summed E-state index contributed by atoms with van der Waals surface area (Å²) in [4.78, 5) is 2.51. The van der Waals surface area contributed by atoms with Crippen LogP contribution in [0.1, 0.15) is 48.8 Å². The fraction of sp³-hybridized carbons (Fsp3) is 0.409. The lowest BCUT2D eigenvalue weighted by Crippen LogP contribution is -2.33. The fourth-order valence-electron chi connectivity index (χ4n) is 3.70. The lowest BCUT2D eigenvalue weighted by Gasteiger charge is -2.31. The van der Waals surface area contributed by atoms with E-state index in [2.05, 4.69) is 53.7 Å². The van der Waals surface area contributed by atoms with Gasteiger partial charge in [-0.15, -0.1) is 0 Å². The molecule has 0 aromatic heterocycles. The van der Waals surface area contributed by atoms with Crippen LogP contribution < -0.4 is 5.32 Å². The van der Waals surface area contributed by atoms with E-state index in [-0.39, 0.29) is 0 Å². The summed E-state index contributed by atoms with van der Waals surface area (Å²) in [5, 5.41) is 12.6. The van der Waals surface area contributed by atoms with Gasteiger partial charge in [0.05, 0.1) is 11.6 Å². The molecule has 0 atom stereocenters. The predicted octanol–water partition coefficient (Wildman–Crippen LogP) is 4.93. The molecule has 0 radical (unpaired) electrons. The highest BCUT2D eigenvalue weighted by atomic mass is 15.1. The first kappa shape index (κ1) is 17.5. The van der Waals surface area contributed by atoms with E-state index in [1.165, 1.54) is 43.4 Å². The molecule has 1 fully saturated rings. The maximum Gasteiger partial charge on any atom is 0.0991 e. The Morgan fingerprint density at radius 1 is 1.08 bits per heavy atom. The number of nitriles is 1. The number of hydrogen-bond acceptors (Lipinski definition) is 3. The smallest absolute Gasteiger partial charge is 0.0991 e. The Kier molecular flexibility index (Phi) is 6.09. The second kappa shape index (κ2) is 8.69. The number of anilines is 1. The van der Waals surface area contributed by atoms with E-state index in [1.54, 1.807) is 0 Å². The molecule has 3 heteroatoms. The van der Waals surface area contributed by atoms with Gasteiger partial charge in [0.1, 0.15) is 0 Å². The zero-order chi connectivity index (χ0) is 17.5. The molecule has 1 aliphatic rings. The van der Waals surface area contributed by atoms with E-state index in [4.69, 9.17) is 5.26 Å². The predicted molar refractivity (Wildman–Crippen MR) is 103 cm³/mol. The molecule has 2 aromatic carbocycles. The molecule has 0 amide bonds. The molecular formula is C22H27N3. The van der Waals surface area contributed by atoms with Crippen LogP contribution in [-0.4, -0.2) is 18.0 Å². The van der Waals surface area contributed by atoms with Crippen molar-refractivity contribution in [2.24, 2.45) is 0 Å². The highest BCUT2D eigenvalue weighted by Crippen LogP contribution is 2.25. The van der Waals surface area contributed by atoms with Gasteiger partial charge >= 0.3 is 0 Å². The molecule has 3 rings (SSSR count). The minimum atomic E-state index is 0.713. The largest absolute Gasteiger partial charge is 0.381 e. The Bertz CT molecular complexity index is 726. The first-order chi connectivity index (χ1) is 12.3. The van der Waals surface area contributed by atoms with Gasteiger partial charge in [0.2, 0.25) is 0 Å². The van der Waals surface area contributed by atoms with Crippen molar-refractivity contribution in [3.8, 4) is 6.07 Å². The van der Waals surface area contributed by atoms with E-state index < -0.39 is 0 Å². The summed E-state index contributed by atoms with van der Waals surface area (Å²) >= 11 is 0. The normalized spacial score (nSPS) is 15.1. The van der Waals surface area contributed by atoms with Crippen LogP contribution in [0.25, 0.3) is 0 Å². The third-order valence-corrected chi connectivity index (χ3v) is 5.17. The average molecular weight is 333 g/mol. The lowest BCUT2D eigenvalue weighted by atomic mass is 9.94. The van der Waals surface area contributed by atoms with Crippen molar-refractivity contribution in [3.05, 3.63) is 65.2 Å². The third kappa shape index (κ3) is 4.84. The molecule has 0 heterocycles. The quantitative estimate of drug-likeness (QED) is 0.814. The van der Waals surface area contributed by atoms with Crippen LogP contribution in [0.3, 0.4) is 0 Å². The van der Waals surface area contributed by atoms with Crippen LogP contribution in [0.15, 0.2) is 48.5 Å². The standard InChI is InChI=1S/C22H27N3/c1-25(21-11-3-2-4-12-21)17-20-10-5-6-13-22(20)24-16-19-9-7-8-18(14-19)15-23/h5-10,13-14,21,24H,2-4,11-12,16-17H2,1H3. The van der Waals surface area contributed by atoms with E-state index >= 15 is 0 Å². The summed E-state index contributed by atoms with van der Waals surface area (Å²) in [6.45, 7) is 1.71. The number of hydrogen-bond donors (Lipinski definition) is 1. The van der Waals surface area contributed by atoms with E-state index in [1.807, 2.05) is 18.2 Å². The van der Waals surface area contributed by atoms with Crippen molar-refractivity contribution in [1.82, 2.24) is 4.90 Å². The third-order valence-electron chi connectivity index (χ3n) is 5.17. The molecule has 130 valence electrons. The second-order valence-electron chi connectivity index (χ2n) is 7.03. The molecule has 0 bridgehead atoms. The molecular weight excluding hydrogens is 306 g/mol. The molecule has 0 aliphatic heterocycles. The van der Waals surface area contributed by atoms with Crippen molar-refractivity contribution >= 4 is 5.69 Å². The van der Waals surface area contributed by atoms with Crippen molar-refractivity contribution in [2.45, 2.75) is 51.2 Å². The average Bonchev–Trinajstić information content (AvgIpc) is 2.68. The van der Waals surface area contributed by atoms with Crippen LogP contribution in [0.4, 0.5) is 5.69 Å². The SMILES string of the molecule is CN(Cc1ccccc1NCc1cccc(C#N)c1)C1CCCCC1. The van der Waals surface area contributed by atoms with E-state index in [0.717, 1.165) is 18.7 Å². The van der Waals surface area contributed by atoms with Gasteiger partial charge in [0.15, 0.2) is 0 Å². The van der Waals surface area contributed by atoms with E-state index in [9.17, 15) is 0 Å². The van der Waals surface area contributed by atoms with Gasteiger partial charge in [-0.2, -0.15) is 5.26 Å². The highest BCUT2D eigenvalue weighted by molar-refractivity contribution is 5.51. The van der Waals surface area contributed by atoms with Crippen molar-refractivity contribution < 1.29 is 0 Å². The molecule has 3 nitrogen and oxygen atoms in total. The van der Waals surface area contributed by atoms with Gasteiger partial charge in [-0.3, -0.25) is 4.90 Å². The maximum atomic E-state index is 9.04. The minimum absolute atomic E-state index is 0.713. The Hall–Kier alpha value is -2.31. The molecule has 1 N–H and O–H groups in total. The first-order valence-electron chi connectivity index (χ1n) is 9.27. The first-order valence-corrected chi connectivity index (χ1v) is 9.27. The van der Waals surface area contributed by atoms with Gasteiger partial charge in [-0.25, -0.2) is 0 Å². The number of nitrogens with zero attached hydrogens (tertiary/aromatic N) is 2. The van der Waals surface area contributed by atoms with Crippen LogP contribution in [0, 0.1) is 11.3 Å². The Morgan fingerprint density at radius 2 is 1.88 bits per heavy atom. The Labute approximate surface area is 151 Å². The minimum Gasteiger partial charge on any atom is -0.381 e. The van der Waals surface area contributed by atoms with Crippen molar-refractivity contribution in [1.29, 1.82) is 5.26 Å². The fourth-order valence-corrected chi connectivity index (χ4v) is 3.70. The van der Waals surface area contributed by atoms with Crippen LogP contribution in [-0.2, 0) is 13.1 Å². The number of para-hydroxylation sites is 1. The summed E-state index contributed by atoms with van der Waals surface area (Å²) in [5.41, 5.74) is 4.37. The molecule has 0 saturated heterocycles. The lowest BCUT2D eigenvalue weighted by molar-refractivity contribution is 0.185. The second-order valence-corrected chi connectivity index (χ2v) is 7.03. The molecule has 1 aliphatic carbocycles. The Balaban J connectivity index is 1.65. The van der Waals surface area contributed by atoms with Crippen molar-refractivity contribution in [2.75, 3.05) is 12.4 Å². The summed E-state index contributed by atoms with van der Waals surface area (Å²) in [5.74, 6) is 0. The van der Waals surface area contributed by atoms with Gasteiger partial charge in [-0.1, -0.05) is 49.6 Å². The number of rotatable bonds is 6. The Morgan fingerprint density at radius 3 is 2.68 bits per heavy atom. The molecule has 25 heavy (non-hydrogen) atoms. The topological polar surface area (TPSA) is 39.1 Å². The molecule has 1 saturated carbocycles. The highest BCUT2D eigenvalue weighted by Gasteiger charge is 2.18. The summed E-state index contributed by atoms with van der Waals surface area (Å²) in [7, 11) is 2.25. The summed E-state index contributed by atoms with van der Waals surface area (Å²) < 4.78 is 0. The number of benzene rings is 2. The number of nitrogens with one attached hydrogen (secondary N) is 1. The summed E-state index contributed by atoms with van der Waals surface area (Å²) in [6.07, 6.45) is 6.78. The van der Waals surface area contributed by atoms with E-state index in [0.29, 0.717) is 11.6 Å². The zero-order valence-electron chi connectivity index (χ0n) is 15.0. The van der Waals surface area contributed by atoms with Gasteiger partial charge in [0.25, 0.3) is 0 Å². The van der Waals surface area contributed by atoms with Crippen molar-refractivity contribution in [3.63, 3.8) is 0 Å². The maximum absolute atomic E-state index is 9.04. The van der Waals surface area contributed by atoms with Gasteiger partial charge < -0.3 is 5.32 Å². The van der Waals surface area contributed by atoms with Crippen LogP contribution in [0.5, 0.6) is 0 Å². The van der Waals surface area contributed by atoms with Crippen LogP contribution in [0.2, 0.25) is 0 Å². The molecule has 0 spiro atoms.